The summed E-state index contributed by atoms with van der Waals surface area (Å²) in [6, 6.07) is 10.5. The number of aryl methyl sites for hydroxylation is 4. The molecule has 2 heterocycles. The van der Waals surface area contributed by atoms with E-state index >= 15 is 0 Å². The molecule has 0 fully saturated rings. The van der Waals surface area contributed by atoms with Crippen LogP contribution in [0.4, 0.5) is 0 Å². The number of aromatic nitrogens is 3. The molecule has 3 rings (SSSR count). The van der Waals surface area contributed by atoms with Crippen molar-refractivity contribution in [1.29, 1.82) is 0 Å². The van der Waals surface area contributed by atoms with E-state index in [4.69, 9.17) is 4.74 Å². The minimum atomic E-state index is 0.249. The molecule has 2 aromatic heterocycles. The van der Waals surface area contributed by atoms with Gasteiger partial charge in [0.2, 0.25) is 0 Å². The molecule has 5 nitrogen and oxygen atoms in total. The molecule has 3 aromatic rings. The van der Waals surface area contributed by atoms with Gasteiger partial charge in [0.05, 0.1) is 11.4 Å². The molecule has 0 spiro atoms. The fourth-order valence-electron chi connectivity index (χ4n) is 3.42. The lowest BCUT2D eigenvalue weighted by atomic mass is 10.0. The molecule has 1 N–H and O–H groups in total. The number of ether oxygens (including phenoxy) is 1. The Hall–Kier alpha value is -2.66. The Morgan fingerprint density at radius 3 is 2.48 bits per heavy atom. The summed E-state index contributed by atoms with van der Waals surface area (Å²) in [6.07, 6.45) is 3.87. The van der Waals surface area contributed by atoms with Crippen LogP contribution in [0.3, 0.4) is 0 Å². The number of nitrogens with one attached hydrogen (secondary N) is 1. The Balaban J connectivity index is 1.64. The van der Waals surface area contributed by atoms with E-state index in [2.05, 4.69) is 61.4 Å². The predicted molar refractivity (Wildman–Crippen MR) is 108 cm³/mol. The molecule has 0 radical (unpaired) electrons. The first-order chi connectivity index (χ1) is 12.9. The average molecular weight is 364 g/mol. The van der Waals surface area contributed by atoms with Crippen LogP contribution < -0.4 is 10.1 Å². The second kappa shape index (κ2) is 8.35. The van der Waals surface area contributed by atoms with Gasteiger partial charge in [0.1, 0.15) is 12.4 Å². The number of hydrogen-bond donors (Lipinski definition) is 1. The third kappa shape index (κ3) is 4.74. The monoisotopic (exact) mass is 364 g/mol. The minimum absolute atomic E-state index is 0.249. The van der Waals surface area contributed by atoms with E-state index in [1.807, 2.05) is 29.9 Å². The lowest BCUT2D eigenvalue weighted by Gasteiger charge is -2.16. The van der Waals surface area contributed by atoms with Crippen LogP contribution in [0.1, 0.15) is 46.6 Å². The summed E-state index contributed by atoms with van der Waals surface area (Å²) in [5.41, 5.74) is 6.79. The second-order valence-electron chi connectivity index (χ2n) is 7.11. The fourth-order valence-corrected chi connectivity index (χ4v) is 3.42. The first-order valence-corrected chi connectivity index (χ1v) is 9.30. The van der Waals surface area contributed by atoms with Crippen molar-refractivity contribution < 1.29 is 4.74 Å². The summed E-state index contributed by atoms with van der Waals surface area (Å²) >= 11 is 0. The van der Waals surface area contributed by atoms with E-state index in [9.17, 15) is 0 Å². The van der Waals surface area contributed by atoms with E-state index in [1.54, 1.807) is 6.20 Å². The van der Waals surface area contributed by atoms with Gasteiger partial charge in [-0.25, -0.2) is 0 Å². The van der Waals surface area contributed by atoms with Crippen molar-refractivity contribution in [3.05, 3.63) is 76.4 Å². The van der Waals surface area contributed by atoms with Crippen LogP contribution in [0.5, 0.6) is 5.75 Å². The second-order valence-corrected chi connectivity index (χ2v) is 7.11. The van der Waals surface area contributed by atoms with Gasteiger partial charge in [-0.05, 0) is 56.5 Å². The number of rotatable bonds is 7. The van der Waals surface area contributed by atoms with E-state index in [1.165, 1.54) is 11.1 Å². The first kappa shape index (κ1) is 19.1. The normalized spacial score (nSPS) is 12.2. The van der Waals surface area contributed by atoms with E-state index in [0.29, 0.717) is 6.61 Å². The minimum Gasteiger partial charge on any atom is -0.487 e. The van der Waals surface area contributed by atoms with Gasteiger partial charge in [-0.2, -0.15) is 5.10 Å². The standard InChI is InChI=1S/C22H28N4O/c1-15-10-19(12-24-17(3)21-13-26(5)25-18(21)4)11-16(2)22(15)27-14-20-8-6-7-9-23-20/h6-11,13,17,24H,12,14H2,1-5H3. The van der Waals surface area contributed by atoms with Crippen molar-refractivity contribution in [2.24, 2.45) is 7.05 Å². The van der Waals surface area contributed by atoms with Gasteiger partial charge < -0.3 is 10.1 Å². The van der Waals surface area contributed by atoms with Crippen molar-refractivity contribution in [3.63, 3.8) is 0 Å². The van der Waals surface area contributed by atoms with Gasteiger partial charge in [-0.1, -0.05) is 18.2 Å². The highest BCUT2D eigenvalue weighted by atomic mass is 16.5. The fraction of sp³-hybridized carbons (Fsp3) is 0.364. The lowest BCUT2D eigenvalue weighted by molar-refractivity contribution is 0.297. The van der Waals surface area contributed by atoms with Gasteiger partial charge >= 0.3 is 0 Å². The third-order valence-corrected chi connectivity index (χ3v) is 4.74. The Morgan fingerprint density at radius 2 is 1.89 bits per heavy atom. The van der Waals surface area contributed by atoms with Crippen molar-refractivity contribution in [2.45, 2.75) is 46.9 Å². The molecular formula is C22H28N4O. The SMILES string of the molecule is Cc1cc(CNC(C)c2cn(C)nc2C)cc(C)c1OCc1ccccn1. The summed E-state index contributed by atoms with van der Waals surface area (Å²) in [5.74, 6) is 0.945. The highest BCUT2D eigenvalue weighted by Gasteiger charge is 2.12. The Kier molecular flexibility index (Phi) is 5.91. The topological polar surface area (TPSA) is 52.0 Å². The largest absolute Gasteiger partial charge is 0.487 e. The number of hydrogen-bond acceptors (Lipinski definition) is 4. The molecule has 1 atom stereocenters. The molecule has 27 heavy (non-hydrogen) atoms. The first-order valence-electron chi connectivity index (χ1n) is 9.30. The molecule has 0 aliphatic carbocycles. The summed E-state index contributed by atoms with van der Waals surface area (Å²) in [4.78, 5) is 4.32. The average Bonchev–Trinajstić information content (AvgIpc) is 2.98. The Morgan fingerprint density at radius 1 is 1.15 bits per heavy atom. The van der Waals surface area contributed by atoms with Gasteiger partial charge in [0, 0.05) is 37.6 Å². The summed E-state index contributed by atoms with van der Waals surface area (Å²) < 4.78 is 7.89. The van der Waals surface area contributed by atoms with Crippen LogP contribution in [0, 0.1) is 20.8 Å². The third-order valence-electron chi connectivity index (χ3n) is 4.74. The number of pyridine rings is 1. The zero-order valence-corrected chi connectivity index (χ0v) is 16.8. The summed E-state index contributed by atoms with van der Waals surface area (Å²) in [6.45, 7) is 9.70. The lowest BCUT2D eigenvalue weighted by Crippen LogP contribution is -2.18. The highest BCUT2D eigenvalue weighted by molar-refractivity contribution is 5.43. The van der Waals surface area contributed by atoms with E-state index in [-0.39, 0.29) is 6.04 Å². The maximum atomic E-state index is 6.03. The molecule has 142 valence electrons. The molecule has 0 saturated carbocycles. The highest BCUT2D eigenvalue weighted by Crippen LogP contribution is 2.26. The molecule has 0 amide bonds. The molecule has 1 aromatic carbocycles. The smallest absolute Gasteiger partial charge is 0.130 e. The molecule has 0 aliphatic heterocycles. The van der Waals surface area contributed by atoms with Gasteiger partial charge in [0.25, 0.3) is 0 Å². The maximum absolute atomic E-state index is 6.03. The quantitative estimate of drug-likeness (QED) is 0.684. The van der Waals surface area contributed by atoms with E-state index < -0.39 is 0 Å². The van der Waals surface area contributed by atoms with Crippen LogP contribution in [0.25, 0.3) is 0 Å². The Bertz CT molecular complexity index is 879. The van der Waals surface area contributed by atoms with E-state index in [0.717, 1.165) is 34.8 Å². The van der Waals surface area contributed by atoms with Crippen LogP contribution in [-0.2, 0) is 20.2 Å². The van der Waals surface area contributed by atoms with Crippen LogP contribution in [-0.4, -0.2) is 14.8 Å². The molecule has 0 saturated heterocycles. The molecule has 1 unspecified atom stereocenters. The van der Waals surface area contributed by atoms with Crippen molar-refractivity contribution in [3.8, 4) is 5.75 Å². The Labute approximate surface area is 161 Å². The number of benzene rings is 1. The summed E-state index contributed by atoms with van der Waals surface area (Å²) in [5, 5.41) is 8.02. The van der Waals surface area contributed by atoms with Gasteiger partial charge in [-0.15, -0.1) is 0 Å². The number of nitrogens with zero attached hydrogens (tertiary/aromatic N) is 3. The molecular weight excluding hydrogens is 336 g/mol. The predicted octanol–water partition coefficient (Wildman–Crippen LogP) is 4.17. The molecule has 0 bridgehead atoms. The van der Waals surface area contributed by atoms with Crippen LogP contribution >= 0.6 is 0 Å². The van der Waals surface area contributed by atoms with Crippen molar-refractivity contribution in [2.75, 3.05) is 0 Å². The van der Waals surface area contributed by atoms with Gasteiger partial charge in [0.15, 0.2) is 0 Å². The van der Waals surface area contributed by atoms with Crippen molar-refractivity contribution >= 4 is 0 Å². The molecule has 0 aliphatic rings. The van der Waals surface area contributed by atoms with Crippen LogP contribution in [0.2, 0.25) is 0 Å². The van der Waals surface area contributed by atoms with Crippen molar-refractivity contribution in [1.82, 2.24) is 20.1 Å². The molecule has 5 heteroatoms. The van der Waals surface area contributed by atoms with Crippen LogP contribution in [0.15, 0.2) is 42.7 Å². The van der Waals surface area contributed by atoms with Gasteiger partial charge in [-0.3, -0.25) is 9.67 Å². The maximum Gasteiger partial charge on any atom is 0.130 e. The summed E-state index contributed by atoms with van der Waals surface area (Å²) in [7, 11) is 1.96. The zero-order valence-electron chi connectivity index (χ0n) is 16.8. The zero-order chi connectivity index (χ0) is 19.4.